The molecule has 1 aromatic carbocycles. The quantitative estimate of drug-likeness (QED) is 0.824. The largest absolute Gasteiger partial charge is 0.364 e. The Labute approximate surface area is 86.6 Å². The van der Waals surface area contributed by atoms with Gasteiger partial charge in [0.1, 0.15) is 6.26 Å². The van der Waals surface area contributed by atoms with Crippen LogP contribution in [0.15, 0.2) is 46.1 Å². The van der Waals surface area contributed by atoms with E-state index in [-0.39, 0.29) is 4.90 Å². The van der Waals surface area contributed by atoms with E-state index in [0.29, 0.717) is 0 Å². The lowest BCUT2D eigenvalue weighted by Crippen LogP contribution is -2.11. The SMILES string of the molecule is NS(=O)(=O)c1ccc(-c2cnoc2)cc1. The van der Waals surface area contributed by atoms with Crippen LogP contribution in [0.25, 0.3) is 11.1 Å². The topological polar surface area (TPSA) is 86.2 Å². The van der Waals surface area contributed by atoms with Gasteiger partial charge in [0, 0.05) is 5.56 Å². The maximum absolute atomic E-state index is 11.0. The lowest BCUT2D eigenvalue weighted by molar-refractivity contribution is 0.420. The molecule has 2 rings (SSSR count). The van der Waals surface area contributed by atoms with Gasteiger partial charge in [0.15, 0.2) is 0 Å². The van der Waals surface area contributed by atoms with Gasteiger partial charge in [-0.1, -0.05) is 17.3 Å². The van der Waals surface area contributed by atoms with Crippen molar-refractivity contribution >= 4 is 10.0 Å². The van der Waals surface area contributed by atoms with Crippen LogP contribution in [0.1, 0.15) is 0 Å². The molecular weight excluding hydrogens is 216 g/mol. The second-order valence-electron chi connectivity index (χ2n) is 2.98. The Hall–Kier alpha value is -1.66. The van der Waals surface area contributed by atoms with Gasteiger partial charge >= 0.3 is 0 Å². The smallest absolute Gasteiger partial charge is 0.238 e. The maximum atomic E-state index is 11.0. The molecule has 0 saturated carbocycles. The molecule has 15 heavy (non-hydrogen) atoms. The molecule has 0 atom stereocenters. The van der Waals surface area contributed by atoms with Crippen molar-refractivity contribution in [3.05, 3.63) is 36.7 Å². The third-order valence-electron chi connectivity index (χ3n) is 1.95. The zero-order valence-corrected chi connectivity index (χ0v) is 8.44. The van der Waals surface area contributed by atoms with Gasteiger partial charge in [-0.15, -0.1) is 0 Å². The van der Waals surface area contributed by atoms with Gasteiger partial charge in [-0.05, 0) is 17.7 Å². The lowest BCUT2D eigenvalue weighted by atomic mass is 10.1. The predicted molar refractivity (Wildman–Crippen MR) is 53.3 cm³/mol. The van der Waals surface area contributed by atoms with E-state index >= 15 is 0 Å². The molecule has 0 aliphatic carbocycles. The average Bonchev–Trinajstić information content (AvgIpc) is 2.69. The molecule has 1 heterocycles. The monoisotopic (exact) mass is 224 g/mol. The van der Waals surface area contributed by atoms with Gasteiger partial charge in [-0.25, -0.2) is 13.6 Å². The molecule has 1 aromatic heterocycles. The molecule has 2 N–H and O–H groups in total. The van der Waals surface area contributed by atoms with Crippen molar-refractivity contribution in [2.45, 2.75) is 4.90 Å². The van der Waals surface area contributed by atoms with Crippen molar-refractivity contribution < 1.29 is 12.9 Å². The molecule has 2 aromatic rings. The van der Waals surface area contributed by atoms with Crippen LogP contribution in [0.3, 0.4) is 0 Å². The summed E-state index contributed by atoms with van der Waals surface area (Å²) in [6, 6.07) is 6.17. The number of nitrogens with zero attached hydrogens (tertiary/aromatic N) is 1. The number of benzene rings is 1. The van der Waals surface area contributed by atoms with Gasteiger partial charge in [0.2, 0.25) is 10.0 Å². The molecule has 0 aliphatic rings. The van der Waals surface area contributed by atoms with Gasteiger partial charge in [0.25, 0.3) is 0 Å². The molecule has 0 fully saturated rings. The second kappa shape index (κ2) is 3.48. The molecule has 0 aliphatic heterocycles. The van der Waals surface area contributed by atoms with Crippen LogP contribution in [-0.4, -0.2) is 13.6 Å². The Morgan fingerprint density at radius 2 is 1.80 bits per heavy atom. The van der Waals surface area contributed by atoms with Crippen LogP contribution >= 0.6 is 0 Å². The minimum absolute atomic E-state index is 0.0858. The van der Waals surface area contributed by atoms with Gasteiger partial charge in [-0.3, -0.25) is 0 Å². The van der Waals surface area contributed by atoms with E-state index in [0.717, 1.165) is 11.1 Å². The van der Waals surface area contributed by atoms with Crippen molar-refractivity contribution in [3.8, 4) is 11.1 Å². The highest BCUT2D eigenvalue weighted by molar-refractivity contribution is 7.89. The predicted octanol–water partition coefficient (Wildman–Crippen LogP) is 0.989. The van der Waals surface area contributed by atoms with Crippen LogP contribution in [0, 0.1) is 0 Å². The van der Waals surface area contributed by atoms with E-state index in [1.807, 2.05) is 0 Å². The maximum Gasteiger partial charge on any atom is 0.238 e. The van der Waals surface area contributed by atoms with Crippen molar-refractivity contribution in [3.63, 3.8) is 0 Å². The van der Waals surface area contributed by atoms with Crippen molar-refractivity contribution in [2.75, 3.05) is 0 Å². The standard InChI is InChI=1S/C9H8N2O3S/c10-15(12,13)9-3-1-7(2-4-9)8-5-11-14-6-8/h1-6H,(H2,10,12,13). The Morgan fingerprint density at radius 3 is 2.27 bits per heavy atom. The minimum atomic E-state index is -3.63. The highest BCUT2D eigenvalue weighted by Gasteiger charge is 2.07. The summed E-state index contributed by atoms with van der Waals surface area (Å²) in [7, 11) is -3.63. The first-order valence-corrected chi connectivity index (χ1v) is 5.64. The van der Waals surface area contributed by atoms with Crippen LogP contribution in [0.2, 0.25) is 0 Å². The summed E-state index contributed by atoms with van der Waals surface area (Å²) in [5.74, 6) is 0. The highest BCUT2D eigenvalue weighted by atomic mass is 32.2. The summed E-state index contributed by atoms with van der Waals surface area (Å²) in [6.07, 6.45) is 3.03. The third-order valence-corrected chi connectivity index (χ3v) is 2.88. The number of primary sulfonamides is 1. The van der Waals surface area contributed by atoms with Crippen LogP contribution in [0.5, 0.6) is 0 Å². The normalized spacial score (nSPS) is 11.5. The molecule has 0 bridgehead atoms. The molecule has 6 heteroatoms. The van der Waals surface area contributed by atoms with E-state index in [9.17, 15) is 8.42 Å². The molecule has 0 saturated heterocycles. The molecule has 78 valence electrons. The number of rotatable bonds is 2. The fraction of sp³-hybridized carbons (Fsp3) is 0. The van der Waals surface area contributed by atoms with Crippen LogP contribution in [0.4, 0.5) is 0 Å². The number of aromatic nitrogens is 1. The van der Waals surface area contributed by atoms with E-state index in [1.54, 1.807) is 18.3 Å². The van der Waals surface area contributed by atoms with Gasteiger partial charge in [-0.2, -0.15) is 0 Å². The first-order valence-electron chi connectivity index (χ1n) is 4.10. The fourth-order valence-corrected chi connectivity index (χ4v) is 1.70. The molecule has 0 spiro atoms. The zero-order valence-electron chi connectivity index (χ0n) is 7.62. The van der Waals surface area contributed by atoms with E-state index in [4.69, 9.17) is 5.14 Å². The van der Waals surface area contributed by atoms with Crippen LogP contribution in [-0.2, 0) is 10.0 Å². The molecule has 0 amide bonds. The number of nitrogens with two attached hydrogens (primary N) is 1. The van der Waals surface area contributed by atoms with Gasteiger partial charge in [0.05, 0.1) is 11.1 Å². The Kier molecular flexibility index (Phi) is 2.29. The summed E-state index contributed by atoms with van der Waals surface area (Å²) in [4.78, 5) is 0.0858. The van der Waals surface area contributed by atoms with Crippen molar-refractivity contribution in [2.24, 2.45) is 5.14 Å². The molecule has 5 nitrogen and oxygen atoms in total. The van der Waals surface area contributed by atoms with Crippen LogP contribution < -0.4 is 5.14 Å². The minimum Gasteiger partial charge on any atom is -0.364 e. The summed E-state index contributed by atoms with van der Waals surface area (Å²) in [5, 5.41) is 8.52. The average molecular weight is 224 g/mol. The van der Waals surface area contributed by atoms with E-state index < -0.39 is 10.0 Å². The summed E-state index contributed by atoms with van der Waals surface area (Å²) >= 11 is 0. The third kappa shape index (κ3) is 2.05. The second-order valence-corrected chi connectivity index (χ2v) is 4.54. The zero-order chi connectivity index (χ0) is 10.9. The highest BCUT2D eigenvalue weighted by Crippen LogP contribution is 2.19. The first-order chi connectivity index (χ1) is 7.07. The van der Waals surface area contributed by atoms with E-state index in [2.05, 4.69) is 9.68 Å². The molecule has 0 unspecified atom stereocenters. The van der Waals surface area contributed by atoms with E-state index in [1.165, 1.54) is 18.4 Å². The Balaban J connectivity index is 2.42. The summed E-state index contributed by atoms with van der Waals surface area (Å²) in [6.45, 7) is 0. The van der Waals surface area contributed by atoms with Gasteiger partial charge < -0.3 is 4.52 Å². The lowest BCUT2D eigenvalue weighted by Gasteiger charge is -1.99. The van der Waals surface area contributed by atoms with Crippen molar-refractivity contribution in [1.29, 1.82) is 0 Å². The fourth-order valence-electron chi connectivity index (χ4n) is 1.18. The number of hydrogen-bond donors (Lipinski definition) is 1. The summed E-state index contributed by atoms with van der Waals surface area (Å²) in [5.41, 5.74) is 1.61. The summed E-state index contributed by atoms with van der Waals surface area (Å²) < 4.78 is 26.6. The molecule has 0 radical (unpaired) electrons. The van der Waals surface area contributed by atoms with Crippen molar-refractivity contribution in [1.82, 2.24) is 5.16 Å². The Bertz CT molecular complexity index is 544. The number of sulfonamides is 1. The number of hydrogen-bond acceptors (Lipinski definition) is 4. The molecular formula is C9H8N2O3S. The Morgan fingerprint density at radius 1 is 1.13 bits per heavy atom. The first kappa shape index (κ1) is 9.88.